The Balaban J connectivity index is 1.71. The van der Waals surface area contributed by atoms with Gasteiger partial charge in [-0.1, -0.05) is 36.4 Å². The van der Waals surface area contributed by atoms with Crippen LogP contribution in [0, 0.1) is 0 Å². The number of amides is 3. The van der Waals surface area contributed by atoms with Gasteiger partial charge in [-0.05, 0) is 29.7 Å². The van der Waals surface area contributed by atoms with E-state index in [9.17, 15) is 14.4 Å². The summed E-state index contributed by atoms with van der Waals surface area (Å²) in [6.45, 7) is 2.31. The van der Waals surface area contributed by atoms with Crippen molar-refractivity contribution in [3.05, 3.63) is 70.8 Å². The van der Waals surface area contributed by atoms with Crippen molar-refractivity contribution < 1.29 is 14.4 Å². The number of rotatable bonds is 2. The first kappa shape index (κ1) is 15.6. The van der Waals surface area contributed by atoms with Crippen molar-refractivity contribution in [3.8, 4) is 0 Å². The third-order valence-corrected chi connectivity index (χ3v) is 5.05. The van der Waals surface area contributed by atoms with E-state index in [-0.39, 0.29) is 30.3 Å². The molecule has 2 aromatic rings. The fraction of sp³-hybridized carbons (Fsp3) is 0.250. The Morgan fingerprint density at radius 3 is 2.24 bits per heavy atom. The van der Waals surface area contributed by atoms with Crippen LogP contribution in [-0.4, -0.2) is 40.6 Å². The van der Waals surface area contributed by atoms with E-state index in [0.29, 0.717) is 17.7 Å². The van der Waals surface area contributed by atoms with Crippen molar-refractivity contribution in [1.29, 1.82) is 0 Å². The number of carbonyl (C=O) groups is 3. The first-order chi connectivity index (χ1) is 12.1. The monoisotopic (exact) mass is 334 g/mol. The molecule has 0 spiro atoms. The molecule has 2 aliphatic rings. The van der Waals surface area contributed by atoms with E-state index >= 15 is 0 Å². The normalized spacial score (nSPS) is 19.0. The van der Waals surface area contributed by atoms with E-state index in [1.807, 2.05) is 24.3 Å². The van der Waals surface area contributed by atoms with Crippen molar-refractivity contribution in [2.75, 3.05) is 13.1 Å². The molecule has 0 bridgehead atoms. The SMILES string of the molecule is CC(=O)N1CCc2ccccc2[C@H]1CN1C(=O)c2ccccc2C1=O. The predicted molar refractivity (Wildman–Crippen MR) is 92.1 cm³/mol. The highest BCUT2D eigenvalue weighted by Gasteiger charge is 2.39. The van der Waals surface area contributed by atoms with Gasteiger partial charge in [-0.2, -0.15) is 0 Å². The van der Waals surface area contributed by atoms with E-state index in [1.54, 1.807) is 29.2 Å². The lowest BCUT2D eigenvalue weighted by Gasteiger charge is -2.38. The van der Waals surface area contributed by atoms with Gasteiger partial charge in [-0.3, -0.25) is 19.3 Å². The summed E-state index contributed by atoms with van der Waals surface area (Å²) >= 11 is 0. The van der Waals surface area contributed by atoms with Gasteiger partial charge >= 0.3 is 0 Å². The molecule has 0 N–H and O–H groups in total. The van der Waals surface area contributed by atoms with E-state index in [1.165, 1.54) is 17.4 Å². The van der Waals surface area contributed by atoms with Crippen molar-refractivity contribution in [2.24, 2.45) is 0 Å². The highest BCUT2D eigenvalue weighted by atomic mass is 16.2. The maximum Gasteiger partial charge on any atom is 0.261 e. The van der Waals surface area contributed by atoms with Crippen LogP contribution in [0.2, 0.25) is 0 Å². The maximum absolute atomic E-state index is 12.7. The number of hydrogen-bond acceptors (Lipinski definition) is 3. The first-order valence-corrected chi connectivity index (χ1v) is 8.38. The molecule has 5 heteroatoms. The number of imide groups is 1. The minimum atomic E-state index is -0.301. The maximum atomic E-state index is 12.7. The average Bonchev–Trinajstić information content (AvgIpc) is 2.87. The lowest BCUT2D eigenvalue weighted by Crippen LogP contribution is -2.45. The lowest BCUT2D eigenvalue weighted by atomic mass is 9.92. The molecule has 0 saturated heterocycles. The summed E-state index contributed by atoms with van der Waals surface area (Å²) in [7, 11) is 0. The van der Waals surface area contributed by atoms with Crippen LogP contribution in [0.25, 0.3) is 0 Å². The average molecular weight is 334 g/mol. The molecule has 126 valence electrons. The first-order valence-electron chi connectivity index (χ1n) is 8.38. The third-order valence-electron chi connectivity index (χ3n) is 5.05. The smallest absolute Gasteiger partial charge is 0.261 e. The molecule has 0 fully saturated rings. The molecular weight excluding hydrogens is 316 g/mol. The van der Waals surface area contributed by atoms with Crippen LogP contribution in [0.15, 0.2) is 48.5 Å². The van der Waals surface area contributed by atoms with Crippen molar-refractivity contribution in [2.45, 2.75) is 19.4 Å². The molecule has 3 amide bonds. The van der Waals surface area contributed by atoms with E-state index in [4.69, 9.17) is 0 Å². The summed E-state index contributed by atoms with van der Waals surface area (Å²) in [4.78, 5) is 40.5. The second kappa shape index (κ2) is 5.84. The minimum Gasteiger partial charge on any atom is -0.334 e. The third kappa shape index (κ3) is 2.43. The molecule has 0 unspecified atom stereocenters. The molecule has 0 aromatic heterocycles. The van der Waals surface area contributed by atoms with Crippen molar-refractivity contribution in [1.82, 2.24) is 9.80 Å². The Morgan fingerprint density at radius 2 is 1.60 bits per heavy atom. The Hall–Kier alpha value is -2.95. The second-order valence-electron chi connectivity index (χ2n) is 6.44. The second-order valence-corrected chi connectivity index (χ2v) is 6.44. The van der Waals surface area contributed by atoms with Crippen LogP contribution in [0.5, 0.6) is 0 Å². The molecule has 2 aliphatic heterocycles. The van der Waals surface area contributed by atoms with E-state index in [2.05, 4.69) is 0 Å². The summed E-state index contributed by atoms with van der Waals surface area (Å²) in [5.41, 5.74) is 3.05. The van der Waals surface area contributed by atoms with Crippen molar-refractivity contribution in [3.63, 3.8) is 0 Å². The predicted octanol–water partition coefficient (Wildman–Crippen LogP) is 2.43. The van der Waals surface area contributed by atoms with Crippen LogP contribution in [0.3, 0.4) is 0 Å². The molecule has 5 nitrogen and oxygen atoms in total. The number of nitrogens with zero attached hydrogens (tertiary/aromatic N) is 2. The number of fused-ring (bicyclic) bond motifs is 2. The summed E-state index contributed by atoms with van der Waals surface area (Å²) in [6, 6.07) is 14.5. The van der Waals surface area contributed by atoms with Gasteiger partial charge in [-0.15, -0.1) is 0 Å². The largest absolute Gasteiger partial charge is 0.334 e. The van der Waals surface area contributed by atoms with Gasteiger partial charge in [0.15, 0.2) is 0 Å². The fourth-order valence-electron chi connectivity index (χ4n) is 3.80. The highest BCUT2D eigenvalue weighted by molar-refractivity contribution is 6.21. The standard InChI is InChI=1S/C20H18N2O3/c1-13(23)21-11-10-14-6-2-3-7-15(14)18(21)12-22-19(24)16-8-4-5-9-17(16)20(22)25/h2-9,18H,10-12H2,1H3/t18-/m1/s1. The molecule has 0 radical (unpaired) electrons. The summed E-state index contributed by atoms with van der Waals surface area (Å²) < 4.78 is 0. The Bertz CT molecular complexity index is 855. The van der Waals surface area contributed by atoms with Crippen LogP contribution in [0.4, 0.5) is 0 Å². The van der Waals surface area contributed by atoms with Gasteiger partial charge in [-0.25, -0.2) is 0 Å². The molecule has 1 atom stereocenters. The number of hydrogen-bond donors (Lipinski definition) is 0. The van der Waals surface area contributed by atoms with Gasteiger partial charge in [0.05, 0.1) is 23.7 Å². The van der Waals surface area contributed by atoms with E-state index in [0.717, 1.165) is 12.0 Å². The zero-order valence-corrected chi connectivity index (χ0v) is 13.9. The molecule has 0 aliphatic carbocycles. The van der Waals surface area contributed by atoms with Gasteiger partial charge in [0.2, 0.25) is 5.91 Å². The van der Waals surface area contributed by atoms with Crippen LogP contribution >= 0.6 is 0 Å². The minimum absolute atomic E-state index is 0.0453. The Kier molecular flexibility index (Phi) is 3.64. The zero-order valence-electron chi connectivity index (χ0n) is 13.9. The summed E-state index contributed by atoms with van der Waals surface area (Å²) in [5.74, 6) is -0.615. The van der Waals surface area contributed by atoms with E-state index < -0.39 is 0 Å². The summed E-state index contributed by atoms with van der Waals surface area (Å²) in [5, 5.41) is 0. The topological polar surface area (TPSA) is 57.7 Å². The quantitative estimate of drug-likeness (QED) is 0.793. The van der Waals surface area contributed by atoms with Gasteiger partial charge in [0.25, 0.3) is 11.8 Å². The lowest BCUT2D eigenvalue weighted by molar-refractivity contribution is -0.132. The van der Waals surface area contributed by atoms with Crippen LogP contribution < -0.4 is 0 Å². The molecule has 0 saturated carbocycles. The zero-order chi connectivity index (χ0) is 17.6. The fourth-order valence-corrected chi connectivity index (χ4v) is 3.80. The van der Waals surface area contributed by atoms with Gasteiger partial charge in [0, 0.05) is 13.5 Å². The Morgan fingerprint density at radius 1 is 1.00 bits per heavy atom. The molecule has 2 heterocycles. The molecule has 2 aromatic carbocycles. The Labute approximate surface area is 145 Å². The number of carbonyl (C=O) groups excluding carboxylic acids is 3. The molecule has 4 rings (SSSR count). The van der Waals surface area contributed by atoms with Gasteiger partial charge < -0.3 is 4.90 Å². The molecular formula is C20H18N2O3. The number of benzene rings is 2. The van der Waals surface area contributed by atoms with Crippen LogP contribution in [-0.2, 0) is 11.2 Å². The van der Waals surface area contributed by atoms with Crippen molar-refractivity contribution >= 4 is 17.7 Å². The van der Waals surface area contributed by atoms with Crippen LogP contribution in [0.1, 0.15) is 44.8 Å². The summed E-state index contributed by atoms with van der Waals surface area (Å²) in [6.07, 6.45) is 0.786. The molecule has 25 heavy (non-hydrogen) atoms. The highest BCUT2D eigenvalue weighted by Crippen LogP contribution is 2.33. The van der Waals surface area contributed by atoms with Gasteiger partial charge in [0.1, 0.15) is 0 Å².